The van der Waals surface area contributed by atoms with Crippen LogP contribution in [0.15, 0.2) is 38.3 Å². The second-order valence-electron chi connectivity index (χ2n) is 6.38. The first-order chi connectivity index (χ1) is 11.3. The number of aromatic nitrogens is 1. The summed E-state index contributed by atoms with van der Waals surface area (Å²) in [6.45, 7) is 7.31. The number of nitrogens with zero attached hydrogens (tertiary/aromatic N) is 2. The minimum atomic E-state index is -0.0521. The first-order valence-electron chi connectivity index (χ1n) is 7.63. The lowest BCUT2D eigenvalue weighted by atomic mass is 9.94. The molecule has 0 bridgehead atoms. The molecule has 5 nitrogen and oxygen atoms in total. The number of nitrogens with one attached hydrogen (secondary N) is 2. The minimum absolute atomic E-state index is 0. The first kappa shape index (κ1) is 22.2. The summed E-state index contributed by atoms with van der Waals surface area (Å²) in [5.41, 5.74) is 0.942. The predicted octanol–water partition coefficient (Wildman–Crippen LogP) is 4.87. The van der Waals surface area contributed by atoms with Gasteiger partial charge >= 0.3 is 0 Å². The highest BCUT2D eigenvalue weighted by Gasteiger charge is 2.19. The molecule has 0 radical (unpaired) electrons. The van der Waals surface area contributed by atoms with Gasteiger partial charge in [0.05, 0.1) is 12.7 Å². The summed E-state index contributed by atoms with van der Waals surface area (Å²) in [6, 6.07) is 5.80. The van der Waals surface area contributed by atoms with Crippen LogP contribution in [-0.2, 0) is 18.5 Å². The number of aliphatic imine (C=N–C) groups is 1. The normalized spacial score (nSPS) is 11.8. The number of benzene rings is 1. The maximum absolute atomic E-state index is 6.22. The summed E-state index contributed by atoms with van der Waals surface area (Å²) in [6.07, 6.45) is 1.77. The molecule has 8 heteroatoms. The molecule has 2 N–H and O–H groups in total. The molecule has 0 spiro atoms. The number of oxazole rings is 1. The number of halogens is 3. The van der Waals surface area contributed by atoms with Gasteiger partial charge in [-0.3, -0.25) is 4.99 Å². The number of hydrogen-bond donors (Lipinski definition) is 2. The van der Waals surface area contributed by atoms with Gasteiger partial charge in [0.15, 0.2) is 5.96 Å². The van der Waals surface area contributed by atoms with E-state index in [1.165, 1.54) is 0 Å². The predicted molar refractivity (Wildman–Crippen MR) is 117 cm³/mol. The average molecular weight is 542 g/mol. The summed E-state index contributed by atoms with van der Waals surface area (Å²) < 4.78 is 6.71. The molecule has 0 saturated carbocycles. The third kappa shape index (κ3) is 6.79. The molecule has 1 aromatic heterocycles. The van der Waals surface area contributed by atoms with Crippen molar-refractivity contribution in [1.82, 2.24) is 15.6 Å². The van der Waals surface area contributed by atoms with Crippen molar-refractivity contribution in [2.24, 2.45) is 4.99 Å². The fraction of sp³-hybridized carbons (Fsp3) is 0.412. The Bertz CT molecular complexity index is 728. The van der Waals surface area contributed by atoms with Crippen LogP contribution < -0.4 is 10.6 Å². The Morgan fingerprint density at radius 1 is 1.28 bits per heavy atom. The molecule has 0 unspecified atom stereocenters. The number of guanidine groups is 1. The molecular formula is C17H23BrClIN4O. The third-order valence-electron chi connectivity index (χ3n) is 3.38. The highest BCUT2D eigenvalue weighted by molar-refractivity contribution is 14.0. The van der Waals surface area contributed by atoms with E-state index in [1.807, 2.05) is 18.2 Å². The summed E-state index contributed by atoms with van der Waals surface area (Å²) in [4.78, 5) is 8.49. The minimum Gasteiger partial charge on any atom is -0.443 e. The quantitative estimate of drug-likeness (QED) is 0.329. The Labute approximate surface area is 179 Å². The lowest BCUT2D eigenvalue weighted by Gasteiger charge is -2.13. The van der Waals surface area contributed by atoms with Crippen LogP contribution in [0.3, 0.4) is 0 Å². The van der Waals surface area contributed by atoms with Crippen LogP contribution in [0.2, 0.25) is 5.02 Å². The molecule has 1 heterocycles. The Morgan fingerprint density at radius 2 is 1.96 bits per heavy atom. The molecule has 0 amide bonds. The van der Waals surface area contributed by atoms with E-state index >= 15 is 0 Å². The molecule has 138 valence electrons. The molecule has 0 aliphatic heterocycles. The second kappa shape index (κ2) is 9.78. The van der Waals surface area contributed by atoms with Gasteiger partial charge in [-0.25, -0.2) is 4.98 Å². The average Bonchev–Trinajstić information content (AvgIpc) is 2.98. The summed E-state index contributed by atoms with van der Waals surface area (Å²) in [5.74, 6) is 2.15. The molecule has 2 rings (SSSR count). The Balaban J connectivity index is 0.00000312. The molecule has 0 fully saturated rings. The molecule has 0 aliphatic carbocycles. The van der Waals surface area contributed by atoms with Crippen LogP contribution >= 0.6 is 51.5 Å². The van der Waals surface area contributed by atoms with Crippen LogP contribution in [0.1, 0.15) is 38.0 Å². The fourth-order valence-corrected chi connectivity index (χ4v) is 2.70. The summed E-state index contributed by atoms with van der Waals surface area (Å²) >= 11 is 9.62. The van der Waals surface area contributed by atoms with Crippen LogP contribution in [0.4, 0.5) is 0 Å². The maximum atomic E-state index is 6.22. The van der Waals surface area contributed by atoms with E-state index in [1.54, 1.807) is 13.2 Å². The van der Waals surface area contributed by atoms with E-state index in [-0.39, 0.29) is 29.4 Å². The maximum Gasteiger partial charge on any atom is 0.213 e. The number of rotatable bonds is 4. The molecule has 0 aliphatic rings. The van der Waals surface area contributed by atoms with Gasteiger partial charge in [0.1, 0.15) is 5.76 Å². The van der Waals surface area contributed by atoms with E-state index in [0.717, 1.165) is 15.8 Å². The van der Waals surface area contributed by atoms with Gasteiger partial charge in [-0.2, -0.15) is 0 Å². The zero-order valence-electron chi connectivity index (χ0n) is 14.7. The van der Waals surface area contributed by atoms with E-state index in [0.29, 0.717) is 30.0 Å². The van der Waals surface area contributed by atoms with E-state index in [9.17, 15) is 0 Å². The van der Waals surface area contributed by atoms with Crippen LogP contribution in [0, 0.1) is 0 Å². The highest BCUT2D eigenvalue weighted by Crippen LogP contribution is 2.23. The Kier molecular flexibility index (Phi) is 8.70. The fourth-order valence-electron chi connectivity index (χ4n) is 1.96. The molecule has 0 saturated heterocycles. The monoisotopic (exact) mass is 540 g/mol. The van der Waals surface area contributed by atoms with Crippen LogP contribution in [-0.4, -0.2) is 18.0 Å². The third-order valence-corrected chi connectivity index (χ3v) is 4.23. The smallest absolute Gasteiger partial charge is 0.213 e. The number of hydrogen-bond acceptors (Lipinski definition) is 3. The van der Waals surface area contributed by atoms with E-state index < -0.39 is 0 Å². The van der Waals surface area contributed by atoms with Crippen molar-refractivity contribution in [1.29, 1.82) is 0 Å². The van der Waals surface area contributed by atoms with Gasteiger partial charge in [-0.15, -0.1) is 24.0 Å². The first-order valence-corrected chi connectivity index (χ1v) is 8.80. The van der Waals surface area contributed by atoms with Crippen LogP contribution in [0.25, 0.3) is 0 Å². The summed E-state index contributed by atoms with van der Waals surface area (Å²) in [7, 11) is 1.72. The van der Waals surface area contributed by atoms with Crippen molar-refractivity contribution < 1.29 is 4.42 Å². The van der Waals surface area contributed by atoms with Crippen molar-refractivity contribution in [3.8, 4) is 0 Å². The zero-order valence-corrected chi connectivity index (χ0v) is 19.4. The molecule has 25 heavy (non-hydrogen) atoms. The lowest BCUT2D eigenvalue weighted by Crippen LogP contribution is -2.36. The van der Waals surface area contributed by atoms with Gasteiger partial charge in [0, 0.05) is 28.5 Å². The van der Waals surface area contributed by atoms with Gasteiger partial charge in [0.2, 0.25) is 5.89 Å². The largest absolute Gasteiger partial charge is 0.443 e. The Hall–Kier alpha value is -0.800. The van der Waals surface area contributed by atoms with Crippen molar-refractivity contribution in [3.63, 3.8) is 0 Å². The Morgan fingerprint density at radius 3 is 2.52 bits per heavy atom. The highest BCUT2D eigenvalue weighted by atomic mass is 127. The van der Waals surface area contributed by atoms with Crippen molar-refractivity contribution in [2.45, 2.75) is 39.3 Å². The molecule has 0 atom stereocenters. The summed E-state index contributed by atoms with van der Waals surface area (Å²) in [5, 5.41) is 7.11. The van der Waals surface area contributed by atoms with Gasteiger partial charge < -0.3 is 15.1 Å². The van der Waals surface area contributed by atoms with Gasteiger partial charge in [-0.05, 0) is 17.7 Å². The topological polar surface area (TPSA) is 62.5 Å². The zero-order chi connectivity index (χ0) is 17.7. The second-order valence-corrected chi connectivity index (χ2v) is 7.71. The lowest BCUT2D eigenvalue weighted by molar-refractivity contribution is 0.379. The molecule has 1 aromatic carbocycles. The van der Waals surface area contributed by atoms with Crippen molar-refractivity contribution >= 4 is 57.5 Å². The SMILES string of the molecule is CN=C(NCc1ncc(C(C)(C)C)o1)NCc1ccc(Br)cc1Cl.I. The van der Waals surface area contributed by atoms with Gasteiger partial charge in [-0.1, -0.05) is 54.4 Å². The van der Waals surface area contributed by atoms with Crippen molar-refractivity contribution in [2.75, 3.05) is 7.05 Å². The molecule has 2 aromatic rings. The van der Waals surface area contributed by atoms with Crippen molar-refractivity contribution in [3.05, 3.63) is 51.1 Å². The van der Waals surface area contributed by atoms with E-state index in [4.69, 9.17) is 16.0 Å². The van der Waals surface area contributed by atoms with Crippen LogP contribution in [0.5, 0.6) is 0 Å². The standard InChI is InChI=1S/C17H22BrClN4O.HI/c1-17(2,3)14-9-21-15(24-14)10-23-16(20-4)22-8-11-5-6-12(18)7-13(11)19;/h5-7,9H,8,10H2,1-4H3,(H2,20,22,23);1H. The van der Waals surface area contributed by atoms with E-state index in [2.05, 4.69) is 57.3 Å². The van der Waals surface area contributed by atoms with Gasteiger partial charge in [0.25, 0.3) is 0 Å². The molecular weight excluding hydrogens is 518 g/mol.